The molecule has 0 aliphatic heterocycles. The van der Waals surface area contributed by atoms with Crippen LogP contribution in [0.5, 0.6) is 0 Å². The van der Waals surface area contributed by atoms with E-state index >= 15 is 0 Å². The molecule has 0 radical (unpaired) electrons. The number of hydrogen-bond donors (Lipinski definition) is 3. The van der Waals surface area contributed by atoms with Gasteiger partial charge in [0.15, 0.2) is 5.60 Å². The number of amides is 1. The lowest BCUT2D eigenvalue weighted by Crippen LogP contribution is -2.53. The average Bonchev–Trinajstić information content (AvgIpc) is 2.67. The second-order valence-corrected chi connectivity index (χ2v) is 7.53. The molecule has 3 N–H and O–H groups in total. The summed E-state index contributed by atoms with van der Waals surface area (Å²) in [5.41, 5.74) is 4.82. The van der Waals surface area contributed by atoms with Gasteiger partial charge in [0.05, 0.1) is 0 Å². The molecule has 6 heteroatoms. The lowest BCUT2D eigenvalue weighted by Gasteiger charge is -2.30. The summed E-state index contributed by atoms with van der Waals surface area (Å²) in [7, 11) is 0. The maximum Gasteiger partial charge on any atom is 0.275 e. The molecule has 3 rings (SSSR count). The summed E-state index contributed by atoms with van der Waals surface area (Å²) < 4.78 is 0. The third-order valence-electron chi connectivity index (χ3n) is 4.85. The van der Waals surface area contributed by atoms with Gasteiger partial charge < -0.3 is 5.11 Å². The molecule has 2 aromatic rings. The molecule has 1 fully saturated rings. The van der Waals surface area contributed by atoms with Crippen molar-refractivity contribution in [1.29, 1.82) is 0 Å². The minimum atomic E-state index is -1.85. The van der Waals surface area contributed by atoms with Crippen LogP contribution in [0.4, 0.5) is 0 Å². The topological polar surface area (TPSA) is 61.4 Å². The summed E-state index contributed by atoms with van der Waals surface area (Å²) in [5, 5.41) is 12.5. The fourth-order valence-corrected chi connectivity index (χ4v) is 3.57. The zero-order valence-corrected chi connectivity index (χ0v) is 15.9. The van der Waals surface area contributed by atoms with E-state index in [0.717, 1.165) is 25.7 Å². The van der Waals surface area contributed by atoms with E-state index in [2.05, 4.69) is 10.9 Å². The monoisotopic (exact) mass is 392 g/mol. The minimum Gasteiger partial charge on any atom is -0.372 e. The van der Waals surface area contributed by atoms with Crippen molar-refractivity contribution >= 4 is 29.1 Å². The highest BCUT2D eigenvalue weighted by molar-refractivity contribution is 6.30. The Bertz CT molecular complexity index is 696. The summed E-state index contributed by atoms with van der Waals surface area (Å²) in [6.45, 7) is 0. The molecule has 2 aromatic carbocycles. The Kier molecular flexibility index (Phi) is 6.20. The van der Waals surface area contributed by atoms with Gasteiger partial charge in [0.25, 0.3) is 5.91 Å². The quantitative estimate of drug-likeness (QED) is 0.668. The number of rotatable bonds is 5. The van der Waals surface area contributed by atoms with E-state index in [1.165, 1.54) is 6.42 Å². The minimum absolute atomic E-state index is 0.229. The molecular weight excluding hydrogens is 371 g/mol. The Morgan fingerprint density at radius 3 is 1.81 bits per heavy atom. The molecular formula is C20H22Cl2N2O2. The van der Waals surface area contributed by atoms with Gasteiger partial charge in [0, 0.05) is 16.1 Å². The molecule has 0 bridgehead atoms. The van der Waals surface area contributed by atoms with Crippen molar-refractivity contribution in [3.05, 3.63) is 69.7 Å². The first kappa shape index (κ1) is 19.2. The van der Waals surface area contributed by atoms with Crippen LogP contribution < -0.4 is 10.9 Å². The van der Waals surface area contributed by atoms with E-state index < -0.39 is 11.5 Å². The zero-order valence-electron chi connectivity index (χ0n) is 14.3. The molecule has 0 heterocycles. The Morgan fingerprint density at radius 1 is 0.885 bits per heavy atom. The Balaban J connectivity index is 1.87. The van der Waals surface area contributed by atoms with Crippen molar-refractivity contribution in [2.45, 2.75) is 43.7 Å². The van der Waals surface area contributed by atoms with Gasteiger partial charge in [-0.3, -0.25) is 10.2 Å². The zero-order chi connectivity index (χ0) is 18.6. The lowest BCUT2D eigenvalue weighted by atomic mass is 9.85. The van der Waals surface area contributed by atoms with Crippen LogP contribution in [0.1, 0.15) is 43.2 Å². The molecule has 1 aliphatic carbocycles. The molecule has 138 valence electrons. The summed E-state index contributed by atoms with van der Waals surface area (Å²) in [5.74, 6) is -0.535. The van der Waals surface area contributed by atoms with Crippen molar-refractivity contribution in [3.63, 3.8) is 0 Å². The van der Waals surface area contributed by atoms with E-state index in [9.17, 15) is 9.90 Å². The van der Waals surface area contributed by atoms with Crippen molar-refractivity contribution < 1.29 is 9.90 Å². The lowest BCUT2D eigenvalue weighted by molar-refractivity contribution is -0.138. The number of hydrogen-bond acceptors (Lipinski definition) is 3. The van der Waals surface area contributed by atoms with E-state index in [1.54, 1.807) is 48.5 Å². The van der Waals surface area contributed by atoms with E-state index in [-0.39, 0.29) is 6.04 Å². The molecule has 0 saturated heterocycles. The molecule has 0 aromatic heterocycles. The normalized spacial score (nSPS) is 15.7. The van der Waals surface area contributed by atoms with E-state index in [4.69, 9.17) is 23.2 Å². The van der Waals surface area contributed by atoms with E-state index in [1.807, 2.05) is 0 Å². The third-order valence-corrected chi connectivity index (χ3v) is 5.35. The predicted molar refractivity (Wildman–Crippen MR) is 104 cm³/mol. The van der Waals surface area contributed by atoms with Crippen molar-refractivity contribution in [3.8, 4) is 0 Å². The van der Waals surface area contributed by atoms with Crippen LogP contribution in [0.25, 0.3) is 0 Å². The summed E-state index contributed by atoms with van der Waals surface area (Å²) >= 11 is 11.9. The smallest absolute Gasteiger partial charge is 0.275 e. The fraction of sp³-hybridized carbons (Fsp3) is 0.350. The molecule has 4 nitrogen and oxygen atoms in total. The van der Waals surface area contributed by atoms with E-state index in [0.29, 0.717) is 21.2 Å². The van der Waals surface area contributed by atoms with Crippen LogP contribution in [0.3, 0.4) is 0 Å². The first-order chi connectivity index (χ1) is 12.5. The van der Waals surface area contributed by atoms with Crippen LogP contribution in [-0.4, -0.2) is 17.1 Å². The van der Waals surface area contributed by atoms with Gasteiger partial charge in [-0.15, -0.1) is 0 Å². The Labute approximate surface area is 163 Å². The fourth-order valence-electron chi connectivity index (χ4n) is 3.32. The standard InChI is InChI=1S/C20H22Cl2N2O2/c21-16-10-6-14(7-11-16)20(26,15-8-12-17(22)13-9-15)19(25)24-23-18-4-2-1-3-5-18/h6-13,18,23,26H,1-5H2,(H,24,25). The van der Waals surface area contributed by atoms with Crippen LogP contribution in [0.2, 0.25) is 10.0 Å². The highest BCUT2D eigenvalue weighted by Crippen LogP contribution is 2.31. The highest BCUT2D eigenvalue weighted by atomic mass is 35.5. The number of carbonyl (C=O) groups excluding carboxylic acids is 1. The molecule has 1 aliphatic rings. The second kappa shape index (κ2) is 8.40. The Morgan fingerprint density at radius 2 is 1.35 bits per heavy atom. The number of halogens is 2. The predicted octanol–water partition coefficient (Wildman–Crippen LogP) is 4.18. The first-order valence-electron chi connectivity index (χ1n) is 8.80. The number of hydrazine groups is 1. The molecule has 0 spiro atoms. The summed E-state index contributed by atoms with van der Waals surface area (Å²) in [4.78, 5) is 13.0. The molecule has 0 unspecified atom stereocenters. The summed E-state index contributed by atoms with van der Waals surface area (Å²) in [6.07, 6.45) is 5.55. The van der Waals surface area contributed by atoms with Crippen LogP contribution >= 0.6 is 23.2 Å². The van der Waals surface area contributed by atoms with Gasteiger partial charge in [-0.25, -0.2) is 5.43 Å². The number of benzene rings is 2. The van der Waals surface area contributed by atoms with Gasteiger partial charge in [-0.2, -0.15) is 0 Å². The highest BCUT2D eigenvalue weighted by Gasteiger charge is 2.40. The van der Waals surface area contributed by atoms with Crippen LogP contribution in [0.15, 0.2) is 48.5 Å². The largest absolute Gasteiger partial charge is 0.372 e. The van der Waals surface area contributed by atoms with Crippen molar-refractivity contribution in [1.82, 2.24) is 10.9 Å². The van der Waals surface area contributed by atoms with Crippen LogP contribution in [-0.2, 0) is 10.4 Å². The van der Waals surface area contributed by atoms with Gasteiger partial charge in [-0.05, 0) is 48.2 Å². The Hall–Kier alpha value is -1.59. The number of aliphatic hydroxyl groups is 1. The second-order valence-electron chi connectivity index (χ2n) is 6.66. The molecule has 0 atom stereocenters. The SMILES string of the molecule is O=C(NNC1CCCCC1)C(O)(c1ccc(Cl)cc1)c1ccc(Cl)cc1. The average molecular weight is 393 g/mol. The molecule has 1 amide bonds. The molecule has 1 saturated carbocycles. The van der Waals surface area contributed by atoms with Gasteiger partial charge >= 0.3 is 0 Å². The van der Waals surface area contributed by atoms with Crippen molar-refractivity contribution in [2.75, 3.05) is 0 Å². The maximum atomic E-state index is 13.0. The summed E-state index contributed by atoms with van der Waals surface area (Å²) in [6, 6.07) is 13.4. The first-order valence-corrected chi connectivity index (χ1v) is 9.56. The number of nitrogens with one attached hydrogen (secondary N) is 2. The number of carbonyl (C=O) groups is 1. The van der Waals surface area contributed by atoms with Crippen molar-refractivity contribution in [2.24, 2.45) is 0 Å². The molecule has 26 heavy (non-hydrogen) atoms. The van der Waals surface area contributed by atoms with Crippen LogP contribution in [0, 0.1) is 0 Å². The van der Waals surface area contributed by atoms with Gasteiger partial charge in [0.1, 0.15) is 0 Å². The van der Waals surface area contributed by atoms with Gasteiger partial charge in [0.2, 0.25) is 0 Å². The van der Waals surface area contributed by atoms with Gasteiger partial charge in [-0.1, -0.05) is 66.7 Å². The third kappa shape index (κ3) is 4.21. The maximum absolute atomic E-state index is 13.0.